The second kappa shape index (κ2) is 9.81. The molecule has 1 fully saturated rings. The highest BCUT2D eigenvalue weighted by atomic mass is 32.2. The number of anilines is 1. The lowest BCUT2D eigenvalue weighted by molar-refractivity contribution is 0.1000. The fourth-order valence-electron chi connectivity index (χ4n) is 3.05. The third-order valence-electron chi connectivity index (χ3n) is 4.59. The van der Waals surface area contributed by atoms with E-state index in [1.165, 1.54) is 5.56 Å². The first kappa shape index (κ1) is 19.8. The normalized spacial score (nSPS) is 14.7. The first-order valence-electron chi connectivity index (χ1n) is 9.49. The van der Waals surface area contributed by atoms with E-state index >= 15 is 0 Å². The Morgan fingerprint density at radius 3 is 2.81 bits per heavy atom. The van der Waals surface area contributed by atoms with E-state index in [1.807, 2.05) is 49.9 Å². The molecule has 0 atom stereocenters. The standard InChI is InChI=1S/C22H27NO3S/c1-3-26-21-14-18(8-7-16(21)2)22(24)23-19-6-4-5-17(13-19)15-27-20-9-11-25-12-10-20/h4-8,13-14,20H,3,9-12,15H2,1-2H3,(H,23,24). The number of amides is 1. The molecule has 0 spiro atoms. The highest BCUT2D eigenvalue weighted by Crippen LogP contribution is 2.27. The van der Waals surface area contributed by atoms with E-state index in [-0.39, 0.29) is 5.91 Å². The Morgan fingerprint density at radius 2 is 2.04 bits per heavy atom. The van der Waals surface area contributed by atoms with Gasteiger partial charge in [0, 0.05) is 35.5 Å². The van der Waals surface area contributed by atoms with Crippen LogP contribution in [0.15, 0.2) is 42.5 Å². The van der Waals surface area contributed by atoms with Crippen molar-refractivity contribution < 1.29 is 14.3 Å². The maximum atomic E-state index is 12.6. The van der Waals surface area contributed by atoms with Crippen LogP contribution in [0.25, 0.3) is 0 Å². The van der Waals surface area contributed by atoms with Gasteiger partial charge in [-0.15, -0.1) is 0 Å². The minimum Gasteiger partial charge on any atom is -0.494 e. The third kappa shape index (κ3) is 5.75. The maximum absolute atomic E-state index is 12.6. The highest BCUT2D eigenvalue weighted by molar-refractivity contribution is 7.99. The van der Waals surface area contributed by atoms with Crippen molar-refractivity contribution in [2.45, 2.75) is 37.7 Å². The molecule has 1 saturated heterocycles. The molecule has 1 aliphatic heterocycles. The zero-order valence-electron chi connectivity index (χ0n) is 16.0. The number of aryl methyl sites for hydroxylation is 1. The summed E-state index contributed by atoms with van der Waals surface area (Å²) in [6.45, 7) is 6.24. The maximum Gasteiger partial charge on any atom is 0.255 e. The predicted octanol–water partition coefficient (Wildman–Crippen LogP) is 5.06. The Balaban J connectivity index is 1.61. The number of thioether (sulfide) groups is 1. The van der Waals surface area contributed by atoms with Crippen molar-refractivity contribution in [3.8, 4) is 5.75 Å². The van der Waals surface area contributed by atoms with Gasteiger partial charge in [-0.1, -0.05) is 18.2 Å². The number of carbonyl (C=O) groups excluding carboxylic acids is 1. The quantitative estimate of drug-likeness (QED) is 0.724. The molecule has 0 saturated carbocycles. The largest absolute Gasteiger partial charge is 0.494 e. The minimum absolute atomic E-state index is 0.120. The summed E-state index contributed by atoms with van der Waals surface area (Å²) in [6, 6.07) is 13.6. The van der Waals surface area contributed by atoms with Crippen LogP contribution in [0.4, 0.5) is 5.69 Å². The molecule has 0 aromatic heterocycles. The molecule has 2 aromatic carbocycles. The van der Waals surface area contributed by atoms with Gasteiger partial charge in [0.15, 0.2) is 0 Å². The van der Waals surface area contributed by atoms with Crippen LogP contribution in [0, 0.1) is 6.92 Å². The van der Waals surface area contributed by atoms with Gasteiger partial charge < -0.3 is 14.8 Å². The van der Waals surface area contributed by atoms with Crippen LogP contribution in [0.1, 0.15) is 41.3 Å². The summed E-state index contributed by atoms with van der Waals surface area (Å²) in [4.78, 5) is 12.6. The number of ether oxygens (including phenoxy) is 2. The van der Waals surface area contributed by atoms with Gasteiger partial charge >= 0.3 is 0 Å². The van der Waals surface area contributed by atoms with Gasteiger partial charge in [0.1, 0.15) is 5.75 Å². The van der Waals surface area contributed by atoms with Gasteiger partial charge in [-0.3, -0.25) is 4.79 Å². The van der Waals surface area contributed by atoms with Crippen LogP contribution in [0.2, 0.25) is 0 Å². The molecule has 0 aliphatic carbocycles. The number of hydrogen-bond acceptors (Lipinski definition) is 4. The highest BCUT2D eigenvalue weighted by Gasteiger charge is 2.14. The summed E-state index contributed by atoms with van der Waals surface area (Å²) >= 11 is 1.97. The molecule has 1 heterocycles. The average molecular weight is 386 g/mol. The molecule has 1 aliphatic rings. The number of hydrogen-bond donors (Lipinski definition) is 1. The monoisotopic (exact) mass is 385 g/mol. The van der Waals surface area contributed by atoms with E-state index < -0.39 is 0 Å². The first-order chi connectivity index (χ1) is 13.2. The molecule has 3 rings (SSSR count). The van der Waals surface area contributed by atoms with E-state index in [2.05, 4.69) is 17.4 Å². The molecule has 5 heteroatoms. The molecule has 1 amide bonds. The van der Waals surface area contributed by atoms with E-state index in [1.54, 1.807) is 6.07 Å². The molecule has 4 nitrogen and oxygen atoms in total. The summed E-state index contributed by atoms with van der Waals surface area (Å²) < 4.78 is 11.0. The van der Waals surface area contributed by atoms with Crippen LogP contribution >= 0.6 is 11.8 Å². The van der Waals surface area contributed by atoms with Crippen LogP contribution in [0.5, 0.6) is 5.75 Å². The van der Waals surface area contributed by atoms with Crippen LogP contribution in [0.3, 0.4) is 0 Å². The first-order valence-corrected chi connectivity index (χ1v) is 10.5. The van der Waals surface area contributed by atoms with Gasteiger partial charge in [-0.25, -0.2) is 0 Å². The van der Waals surface area contributed by atoms with Crippen molar-refractivity contribution in [2.75, 3.05) is 25.1 Å². The van der Waals surface area contributed by atoms with Crippen molar-refractivity contribution in [2.24, 2.45) is 0 Å². The van der Waals surface area contributed by atoms with Crippen molar-refractivity contribution in [1.82, 2.24) is 0 Å². The van der Waals surface area contributed by atoms with Gasteiger partial charge in [0.25, 0.3) is 5.91 Å². The van der Waals surface area contributed by atoms with Crippen LogP contribution < -0.4 is 10.1 Å². The average Bonchev–Trinajstić information content (AvgIpc) is 2.69. The zero-order chi connectivity index (χ0) is 19.1. The molecule has 0 radical (unpaired) electrons. The zero-order valence-corrected chi connectivity index (χ0v) is 16.8. The Morgan fingerprint density at radius 1 is 1.22 bits per heavy atom. The van der Waals surface area contributed by atoms with Crippen LogP contribution in [-0.2, 0) is 10.5 Å². The SMILES string of the molecule is CCOc1cc(C(=O)Nc2cccc(CSC3CCOCC3)c2)ccc1C. The number of benzene rings is 2. The van der Waals surface area contributed by atoms with E-state index in [4.69, 9.17) is 9.47 Å². The molecule has 1 N–H and O–H groups in total. The van der Waals surface area contributed by atoms with Crippen molar-refractivity contribution in [1.29, 1.82) is 0 Å². The van der Waals surface area contributed by atoms with E-state index in [9.17, 15) is 4.79 Å². The fraction of sp³-hybridized carbons (Fsp3) is 0.409. The summed E-state index contributed by atoms with van der Waals surface area (Å²) in [5, 5.41) is 3.67. The summed E-state index contributed by atoms with van der Waals surface area (Å²) in [6.07, 6.45) is 2.24. The molecule has 0 unspecified atom stereocenters. The summed E-state index contributed by atoms with van der Waals surface area (Å²) in [5.74, 6) is 1.59. The van der Waals surface area contributed by atoms with Gasteiger partial charge in [-0.05, 0) is 62.1 Å². The van der Waals surface area contributed by atoms with E-state index in [0.29, 0.717) is 17.4 Å². The lowest BCUT2D eigenvalue weighted by atomic mass is 10.1. The molecule has 144 valence electrons. The molecule has 27 heavy (non-hydrogen) atoms. The molecule has 0 bridgehead atoms. The van der Waals surface area contributed by atoms with Gasteiger partial charge in [-0.2, -0.15) is 11.8 Å². The lowest BCUT2D eigenvalue weighted by Gasteiger charge is -2.21. The Bertz CT molecular complexity index is 772. The topological polar surface area (TPSA) is 47.6 Å². The predicted molar refractivity (Wildman–Crippen MR) is 112 cm³/mol. The smallest absolute Gasteiger partial charge is 0.255 e. The van der Waals surface area contributed by atoms with Crippen molar-refractivity contribution in [3.05, 3.63) is 59.2 Å². The Hall–Kier alpha value is -1.98. The summed E-state index contributed by atoms with van der Waals surface area (Å²) in [5.41, 5.74) is 3.68. The molecular formula is C22H27NO3S. The minimum atomic E-state index is -0.120. The number of carbonyl (C=O) groups is 1. The Kier molecular flexibility index (Phi) is 7.18. The van der Waals surface area contributed by atoms with E-state index in [0.717, 1.165) is 48.8 Å². The third-order valence-corrected chi connectivity index (χ3v) is 6.03. The van der Waals surface area contributed by atoms with Crippen molar-refractivity contribution in [3.63, 3.8) is 0 Å². The number of nitrogens with one attached hydrogen (secondary N) is 1. The van der Waals surface area contributed by atoms with Gasteiger partial charge in [0.2, 0.25) is 0 Å². The molecular weight excluding hydrogens is 358 g/mol. The Labute approximate surface area is 165 Å². The van der Waals surface area contributed by atoms with Crippen molar-refractivity contribution >= 4 is 23.4 Å². The van der Waals surface area contributed by atoms with Gasteiger partial charge in [0.05, 0.1) is 6.61 Å². The molecule has 2 aromatic rings. The lowest BCUT2D eigenvalue weighted by Crippen LogP contribution is -2.17. The number of rotatable bonds is 7. The fourth-order valence-corrected chi connectivity index (χ4v) is 4.18. The second-order valence-corrected chi connectivity index (χ2v) is 7.98. The summed E-state index contributed by atoms with van der Waals surface area (Å²) in [7, 11) is 0. The van der Waals surface area contributed by atoms with Crippen LogP contribution in [-0.4, -0.2) is 31.0 Å². The second-order valence-electron chi connectivity index (χ2n) is 6.69.